The van der Waals surface area contributed by atoms with Crippen molar-refractivity contribution in [3.8, 4) is 5.75 Å². The summed E-state index contributed by atoms with van der Waals surface area (Å²) in [4.78, 5) is 10.1. The lowest BCUT2D eigenvalue weighted by atomic mass is 10.3. The molecule has 1 fully saturated rings. The molecule has 0 aromatic heterocycles. The summed E-state index contributed by atoms with van der Waals surface area (Å²) in [6, 6.07) is 4.94. The van der Waals surface area contributed by atoms with Gasteiger partial charge in [-0.2, -0.15) is 0 Å². The van der Waals surface area contributed by atoms with Crippen molar-refractivity contribution in [1.29, 1.82) is 0 Å². The first-order valence-electron chi connectivity index (χ1n) is 5.97. The van der Waals surface area contributed by atoms with E-state index in [9.17, 15) is 10.1 Å². The Morgan fingerprint density at radius 3 is 2.89 bits per heavy atom. The minimum absolute atomic E-state index is 0.0252. The Morgan fingerprint density at radius 1 is 1.50 bits per heavy atom. The molecule has 1 aliphatic rings. The van der Waals surface area contributed by atoms with Crippen molar-refractivity contribution in [1.82, 2.24) is 5.32 Å². The SMILES string of the molecule is O=[N+]([O-])c1ccc(OCCCNC2CC2)c(Cl)c1. The fraction of sp³-hybridized carbons (Fsp3) is 0.500. The van der Waals surface area contributed by atoms with Crippen LogP contribution in [-0.2, 0) is 0 Å². The van der Waals surface area contributed by atoms with Crippen molar-refractivity contribution >= 4 is 17.3 Å². The fourth-order valence-electron chi connectivity index (χ4n) is 1.57. The average Bonchev–Trinajstić information content (AvgIpc) is 3.14. The highest BCUT2D eigenvalue weighted by Crippen LogP contribution is 2.28. The van der Waals surface area contributed by atoms with E-state index in [0.29, 0.717) is 18.4 Å². The van der Waals surface area contributed by atoms with Crippen molar-refractivity contribution < 1.29 is 9.66 Å². The molecule has 1 saturated carbocycles. The number of nitrogens with one attached hydrogen (secondary N) is 1. The Bertz CT molecular complexity index is 435. The molecule has 18 heavy (non-hydrogen) atoms. The Hall–Kier alpha value is -1.33. The van der Waals surface area contributed by atoms with E-state index in [1.807, 2.05) is 0 Å². The fourth-order valence-corrected chi connectivity index (χ4v) is 1.80. The summed E-state index contributed by atoms with van der Waals surface area (Å²) in [7, 11) is 0. The van der Waals surface area contributed by atoms with Crippen molar-refractivity contribution in [3.63, 3.8) is 0 Å². The maximum atomic E-state index is 10.5. The molecule has 6 heteroatoms. The third-order valence-electron chi connectivity index (χ3n) is 2.72. The number of hydrogen-bond acceptors (Lipinski definition) is 4. The Labute approximate surface area is 110 Å². The number of halogens is 1. The summed E-state index contributed by atoms with van der Waals surface area (Å²) in [6.07, 6.45) is 3.44. The van der Waals surface area contributed by atoms with Gasteiger partial charge in [0.1, 0.15) is 5.75 Å². The van der Waals surface area contributed by atoms with E-state index in [2.05, 4.69) is 5.32 Å². The molecular weight excluding hydrogens is 256 g/mol. The van der Waals surface area contributed by atoms with E-state index >= 15 is 0 Å². The van der Waals surface area contributed by atoms with Crippen molar-refractivity contribution in [3.05, 3.63) is 33.3 Å². The van der Waals surface area contributed by atoms with Crippen LogP contribution in [0.5, 0.6) is 5.75 Å². The summed E-state index contributed by atoms with van der Waals surface area (Å²) in [5.41, 5.74) is -0.0252. The quantitative estimate of drug-likeness (QED) is 0.470. The second kappa shape index (κ2) is 6.02. The molecule has 0 radical (unpaired) electrons. The molecule has 1 N–H and O–H groups in total. The topological polar surface area (TPSA) is 64.4 Å². The Kier molecular flexibility index (Phi) is 4.38. The van der Waals surface area contributed by atoms with Gasteiger partial charge < -0.3 is 10.1 Å². The maximum absolute atomic E-state index is 10.5. The molecule has 98 valence electrons. The number of benzene rings is 1. The third-order valence-corrected chi connectivity index (χ3v) is 3.01. The van der Waals surface area contributed by atoms with Gasteiger partial charge in [0.15, 0.2) is 0 Å². The molecule has 0 aliphatic heterocycles. The van der Waals surface area contributed by atoms with Crippen LogP contribution < -0.4 is 10.1 Å². The first-order chi connectivity index (χ1) is 8.66. The minimum Gasteiger partial charge on any atom is -0.492 e. The molecule has 0 bridgehead atoms. The zero-order chi connectivity index (χ0) is 13.0. The van der Waals surface area contributed by atoms with E-state index < -0.39 is 4.92 Å². The van der Waals surface area contributed by atoms with Gasteiger partial charge in [-0.1, -0.05) is 11.6 Å². The Balaban J connectivity index is 1.75. The highest BCUT2D eigenvalue weighted by atomic mass is 35.5. The van der Waals surface area contributed by atoms with Crippen LogP contribution in [0.15, 0.2) is 18.2 Å². The standard InChI is InChI=1S/C12H15ClN2O3/c13-11-8-10(15(16)17)4-5-12(11)18-7-1-6-14-9-2-3-9/h4-5,8-9,14H,1-3,6-7H2. The molecular formula is C12H15ClN2O3. The molecule has 1 aromatic carbocycles. The highest BCUT2D eigenvalue weighted by molar-refractivity contribution is 6.32. The van der Waals surface area contributed by atoms with E-state index in [1.54, 1.807) is 0 Å². The van der Waals surface area contributed by atoms with Crippen LogP contribution in [0, 0.1) is 10.1 Å². The van der Waals surface area contributed by atoms with Gasteiger partial charge in [-0.25, -0.2) is 0 Å². The number of ether oxygens (including phenoxy) is 1. The van der Waals surface area contributed by atoms with Crippen LogP contribution >= 0.6 is 11.6 Å². The largest absolute Gasteiger partial charge is 0.492 e. The molecule has 0 heterocycles. The molecule has 0 saturated heterocycles. The molecule has 1 aromatic rings. The lowest BCUT2D eigenvalue weighted by Gasteiger charge is -2.08. The highest BCUT2D eigenvalue weighted by Gasteiger charge is 2.19. The molecule has 1 aliphatic carbocycles. The van der Waals surface area contributed by atoms with Crippen molar-refractivity contribution in [2.45, 2.75) is 25.3 Å². The van der Waals surface area contributed by atoms with Crippen LogP contribution in [-0.4, -0.2) is 24.1 Å². The number of nitro groups is 1. The monoisotopic (exact) mass is 270 g/mol. The van der Waals surface area contributed by atoms with Crippen LogP contribution in [0.1, 0.15) is 19.3 Å². The summed E-state index contributed by atoms with van der Waals surface area (Å²) >= 11 is 5.90. The van der Waals surface area contributed by atoms with Crippen LogP contribution in [0.25, 0.3) is 0 Å². The predicted molar refractivity (Wildman–Crippen MR) is 69.2 cm³/mol. The number of nitro benzene ring substituents is 1. The van der Waals surface area contributed by atoms with Gasteiger partial charge >= 0.3 is 0 Å². The van der Waals surface area contributed by atoms with Crippen LogP contribution in [0.2, 0.25) is 5.02 Å². The summed E-state index contributed by atoms with van der Waals surface area (Å²) in [6.45, 7) is 1.48. The van der Waals surface area contributed by atoms with E-state index in [1.165, 1.54) is 31.0 Å². The minimum atomic E-state index is -0.477. The van der Waals surface area contributed by atoms with Gasteiger partial charge in [-0.3, -0.25) is 10.1 Å². The summed E-state index contributed by atoms with van der Waals surface area (Å²) in [5, 5.41) is 14.2. The average molecular weight is 271 g/mol. The zero-order valence-electron chi connectivity index (χ0n) is 9.89. The molecule has 5 nitrogen and oxygen atoms in total. The molecule has 0 atom stereocenters. The number of non-ortho nitro benzene ring substituents is 1. The normalized spacial score (nSPS) is 14.5. The molecule has 0 spiro atoms. The first-order valence-corrected chi connectivity index (χ1v) is 6.35. The van der Waals surface area contributed by atoms with Crippen molar-refractivity contribution in [2.24, 2.45) is 0 Å². The Morgan fingerprint density at radius 2 is 2.28 bits per heavy atom. The number of hydrogen-bond donors (Lipinski definition) is 1. The predicted octanol–water partition coefficient (Wildman–Crippen LogP) is 2.77. The van der Waals surface area contributed by atoms with Gasteiger partial charge in [0, 0.05) is 18.2 Å². The number of nitrogens with zero attached hydrogens (tertiary/aromatic N) is 1. The van der Waals surface area contributed by atoms with E-state index in [0.717, 1.165) is 13.0 Å². The van der Waals surface area contributed by atoms with Crippen molar-refractivity contribution in [2.75, 3.05) is 13.2 Å². The van der Waals surface area contributed by atoms with Gasteiger partial charge in [-0.15, -0.1) is 0 Å². The molecule has 2 rings (SSSR count). The van der Waals surface area contributed by atoms with Crippen LogP contribution in [0.3, 0.4) is 0 Å². The van der Waals surface area contributed by atoms with Gasteiger partial charge in [0.05, 0.1) is 16.6 Å². The second-order valence-electron chi connectivity index (χ2n) is 4.30. The lowest BCUT2D eigenvalue weighted by molar-refractivity contribution is -0.384. The molecule has 0 unspecified atom stereocenters. The molecule has 0 amide bonds. The lowest BCUT2D eigenvalue weighted by Crippen LogP contribution is -2.19. The zero-order valence-corrected chi connectivity index (χ0v) is 10.7. The van der Waals surface area contributed by atoms with Gasteiger partial charge in [-0.05, 0) is 31.9 Å². The first kappa shape index (κ1) is 13.1. The van der Waals surface area contributed by atoms with Crippen LogP contribution in [0.4, 0.5) is 5.69 Å². The maximum Gasteiger partial charge on any atom is 0.271 e. The van der Waals surface area contributed by atoms with Gasteiger partial charge in [0.2, 0.25) is 0 Å². The van der Waals surface area contributed by atoms with E-state index in [4.69, 9.17) is 16.3 Å². The van der Waals surface area contributed by atoms with E-state index in [-0.39, 0.29) is 10.7 Å². The summed E-state index contributed by atoms with van der Waals surface area (Å²) < 4.78 is 5.48. The van der Waals surface area contributed by atoms with Gasteiger partial charge in [0.25, 0.3) is 5.69 Å². The smallest absolute Gasteiger partial charge is 0.271 e. The third kappa shape index (κ3) is 3.85. The second-order valence-corrected chi connectivity index (χ2v) is 4.71. The summed E-state index contributed by atoms with van der Waals surface area (Å²) in [5.74, 6) is 0.494. The number of rotatable bonds is 7.